The number of rotatable bonds is 6. The standard InChI is InChI=1S/C20H25N3O/c1-15-19(13-21-20(24)12-17-8-6-7-9-17)16(2)23(22-15)14-18-10-4-3-5-11-18/h3-6,8,10-11,17H,7,9,12-14H2,1-2H3,(H,21,24). The number of carbonyl (C=O) groups excluding carboxylic acids is 1. The van der Waals surface area contributed by atoms with Crippen molar-refractivity contribution in [3.05, 3.63) is 65.0 Å². The zero-order valence-corrected chi connectivity index (χ0v) is 14.5. The molecule has 1 amide bonds. The third kappa shape index (κ3) is 3.94. The van der Waals surface area contributed by atoms with Gasteiger partial charge in [0.25, 0.3) is 0 Å². The quantitative estimate of drug-likeness (QED) is 0.827. The van der Waals surface area contributed by atoms with Crippen LogP contribution in [0, 0.1) is 19.8 Å². The number of nitrogens with one attached hydrogen (secondary N) is 1. The molecule has 1 aromatic carbocycles. The molecule has 0 saturated carbocycles. The zero-order valence-electron chi connectivity index (χ0n) is 14.5. The molecule has 0 aliphatic heterocycles. The van der Waals surface area contributed by atoms with E-state index < -0.39 is 0 Å². The number of nitrogens with zero attached hydrogens (tertiary/aromatic N) is 2. The van der Waals surface area contributed by atoms with Gasteiger partial charge in [-0.2, -0.15) is 5.10 Å². The normalized spacial score (nSPS) is 16.5. The molecule has 24 heavy (non-hydrogen) atoms. The molecular weight excluding hydrogens is 298 g/mol. The Balaban J connectivity index is 1.61. The van der Waals surface area contributed by atoms with Crippen LogP contribution in [-0.4, -0.2) is 15.7 Å². The van der Waals surface area contributed by atoms with Gasteiger partial charge in [-0.25, -0.2) is 0 Å². The Morgan fingerprint density at radius 2 is 2.08 bits per heavy atom. The van der Waals surface area contributed by atoms with E-state index in [2.05, 4.69) is 41.6 Å². The molecule has 0 radical (unpaired) electrons. The Bertz CT molecular complexity index is 731. The van der Waals surface area contributed by atoms with Crippen LogP contribution >= 0.6 is 0 Å². The number of aryl methyl sites for hydroxylation is 1. The molecule has 1 aliphatic rings. The number of amides is 1. The number of hydrogen-bond acceptors (Lipinski definition) is 2. The third-order valence-corrected chi connectivity index (χ3v) is 4.73. The number of hydrogen-bond donors (Lipinski definition) is 1. The predicted molar refractivity (Wildman–Crippen MR) is 95.6 cm³/mol. The van der Waals surface area contributed by atoms with Crippen LogP contribution in [0.5, 0.6) is 0 Å². The molecule has 1 aromatic heterocycles. The Kier molecular flexibility index (Phi) is 5.14. The molecule has 4 heteroatoms. The lowest BCUT2D eigenvalue weighted by atomic mass is 10.0. The van der Waals surface area contributed by atoms with Gasteiger partial charge in [0.1, 0.15) is 0 Å². The highest BCUT2D eigenvalue weighted by Gasteiger charge is 2.16. The van der Waals surface area contributed by atoms with E-state index in [9.17, 15) is 4.79 Å². The van der Waals surface area contributed by atoms with E-state index in [-0.39, 0.29) is 5.91 Å². The molecule has 3 rings (SSSR count). The van der Waals surface area contributed by atoms with Crippen LogP contribution in [0.25, 0.3) is 0 Å². The first-order valence-corrected chi connectivity index (χ1v) is 8.63. The van der Waals surface area contributed by atoms with Crippen LogP contribution < -0.4 is 5.32 Å². The summed E-state index contributed by atoms with van der Waals surface area (Å²) >= 11 is 0. The summed E-state index contributed by atoms with van der Waals surface area (Å²) in [5.74, 6) is 0.536. The fourth-order valence-corrected chi connectivity index (χ4v) is 3.26. The van der Waals surface area contributed by atoms with Gasteiger partial charge < -0.3 is 5.32 Å². The van der Waals surface area contributed by atoms with Crippen LogP contribution in [0.15, 0.2) is 42.5 Å². The van der Waals surface area contributed by atoms with E-state index in [0.717, 1.165) is 36.3 Å². The summed E-state index contributed by atoms with van der Waals surface area (Å²) in [5, 5.41) is 7.70. The monoisotopic (exact) mass is 323 g/mol. The van der Waals surface area contributed by atoms with Crippen molar-refractivity contribution in [1.29, 1.82) is 0 Å². The van der Waals surface area contributed by atoms with E-state index in [4.69, 9.17) is 0 Å². The van der Waals surface area contributed by atoms with Crippen molar-refractivity contribution in [2.24, 2.45) is 5.92 Å². The molecule has 2 aromatic rings. The van der Waals surface area contributed by atoms with Gasteiger partial charge in [-0.1, -0.05) is 42.5 Å². The molecule has 126 valence electrons. The summed E-state index contributed by atoms with van der Waals surface area (Å²) in [6.07, 6.45) is 7.11. The van der Waals surface area contributed by atoms with Gasteiger partial charge >= 0.3 is 0 Å². The number of benzene rings is 1. The Morgan fingerprint density at radius 3 is 2.79 bits per heavy atom. The summed E-state index contributed by atoms with van der Waals surface area (Å²) in [6.45, 7) is 5.40. The number of aromatic nitrogens is 2. The minimum atomic E-state index is 0.126. The van der Waals surface area contributed by atoms with E-state index in [1.807, 2.05) is 29.8 Å². The third-order valence-electron chi connectivity index (χ3n) is 4.73. The topological polar surface area (TPSA) is 46.9 Å². The Labute approximate surface area is 143 Å². The van der Waals surface area contributed by atoms with Crippen LogP contribution in [-0.2, 0) is 17.9 Å². The van der Waals surface area contributed by atoms with Crippen molar-refractivity contribution in [2.45, 2.75) is 46.2 Å². The maximum Gasteiger partial charge on any atom is 0.220 e. The van der Waals surface area contributed by atoms with Crippen LogP contribution in [0.3, 0.4) is 0 Å². The van der Waals surface area contributed by atoms with Crippen LogP contribution in [0.2, 0.25) is 0 Å². The highest BCUT2D eigenvalue weighted by atomic mass is 16.1. The van der Waals surface area contributed by atoms with Gasteiger partial charge in [-0.15, -0.1) is 0 Å². The van der Waals surface area contributed by atoms with E-state index in [1.54, 1.807) is 0 Å². The smallest absolute Gasteiger partial charge is 0.220 e. The first-order chi connectivity index (χ1) is 11.6. The van der Waals surface area contributed by atoms with Crippen molar-refractivity contribution in [1.82, 2.24) is 15.1 Å². The first-order valence-electron chi connectivity index (χ1n) is 8.63. The zero-order chi connectivity index (χ0) is 16.9. The lowest BCUT2D eigenvalue weighted by Crippen LogP contribution is -2.25. The SMILES string of the molecule is Cc1nn(Cc2ccccc2)c(C)c1CNC(=O)CC1C=CCC1. The van der Waals surface area contributed by atoms with Crippen molar-refractivity contribution >= 4 is 5.91 Å². The van der Waals surface area contributed by atoms with Gasteiger partial charge in [0.05, 0.1) is 12.2 Å². The maximum absolute atomic E-state index is 12.1. The predicted octanol–water partition coefficient (Wildman–Crippen LogP) is 3.52. The molecule has 1 heterocycles. The fraction of sp³-hybridized carbons (Fsp3) is 0.400. The summed E-state index contributed by atoms with van der Waals surface area (Å²) < 4.78 is 2.02. The molecule has 1 atom stereocenters. The summed E-state index contributed by atoms with van der Waals surface area (Å²) in [5.41, 5.74) is 4.47. The molecule has 0 spiro atoms. The van der Waals surface area contributed by atoms with Crippen molar-refractivity contribution in [3.63, 3.8) is 0 Å². The van der Waals surface area contributed by atoms with Crippen LogP contribution in [0.4, 0.5) is 0 Å². The molecule has 0 saturated heterocycles. The van der Waals surface area contributed by atoms with E-state index in [0.29, 0.717) is 18.9 Å². The van der Waals surface area contributed by atoms with Gasteiger partial charge in [-0.05, 0) is 38.2 Å². The van der Waals surface area contributed by atoms with Gasteiger partial charge in [-0.3, -0.25) is 9.48 Å². The molecule has 1 aliphatic carbocycles. The summed E-state index contributed by atoms with van der Waals surface area (Å²) in [7, 11) is 0. The lowest BCUT2D eigenvalue weighted by molar-refractivity contribution is -0.121. The molecular formula is C20H25N3O. The second-order valence-electron chi connectivity index (χ2n) is 6.54. The van der Waals surface area contributed by atoms with E-state index in [1.165, 1.54) is 5.56 Å². The highest BCUT2D eigenvalue weighted by Crippen LogP contribution is 2.20. The lowest BCUT2D eigenvalue weighted by Gasteiger charge is -2.09. The first kappa shape index (κ1) is 16.5. The number of carbonyl (C=O) groups is 1. The van der Waals surface area contributed by atoms with Gasteiger partial charge in [0.15, 0.2) is 0 Å². The van der Waals surface area contributed by atoms with Gasteiger partial charge in [0.2, 0.25) is 5.91 Å². The number of allylic oxidation sites excluding steroid dienone is 2. The summed E-state index contributed by atoms with van der Waals surface area (Å²) in [6, 6.07) is 10.3. The second kappa shape index (κ2) is 7.47. The maximum atomic E-state index is 12.1. The fourth-order valence-electron chi connectivity index (χ4n) is 3.26. The minimum absolute atomic E-state index is 0.126. The highest BCUT2D eigenvalue weighted by molar-refractivity contribution is 5.76. The van der Waals surface area contributed by atoms with Crippen molar-refractivity contribution in [3.8, 4) is 0 Å². The Hall–Kier alpha value is -2.36. The molecule has 4 nitrogen and oxygen atoms in total. The van der Waals surface area contributed by atoms with Crippen molar-refractivity contribution < 1.29 is 4.79 Å². The summed E-state index contributed by atoms with van der Waals surface area (Å²) in [4.78, 5) is 12.1. The largest absolute Gasteiger partial charge is 0.352 e. The average molecular weight is 323 g/mol. The molecule has 0 bridgehead atoms. The average Bonchev–Trinajstić information content (AvgIpc) is 3.16. The molecule has 0 fully saturated rings. The minimum Gasteiger partial charge on any atom is -0.352 e. The Morgan fingerprint density at radius 1 is 1.29 bits per heavy atom. The van der Waals surface area contributed by atoms with Crippen LogP contribution in [0.1, 0.15) is 41.8 Å². The molecule has 1 N–H and O–H groups in total. The van der Waals surface area contributed by atoms with Crippen molar-refractivity contribution in [2.75, 3.05) is 0 Å². The second-order valence-corrected chi connectivity index (χ2v) is 6.54. The van der Waals surface area contributed by atoms with Gasteiger partial charge in [0, 0.05) is 24.2 Å². The molecule has 1 unspecified atom stereocenters. The van der Waals surface area contributed by atoms with E-state index >= 15 is 0 Å².